The Kier molecular flexibility index (Phi) is 4.60. The van der Waals surface area contributed by atoms with E-state index in [-0.39, 0.29) is 11.7 Å². The van der Waals surface area contributed by atoms with Gasteiger partial charge in [-0.3, -0.25) is 0 Å². The molecule has 1 N–H and O–H groups in total. The molecule has 0 aliphatic heterocycles. The third-order valence-corrected chi connectivity index (χ3v) is 4.06. The van der Waals surface area contributed by atoms with E-state index in [0.29, 0.717) is 4.90 Å². The number of halogens is 1. The van der Waals surface area contributed by atoms with Crippen LogP contribution in [0.5, 0.6) is 0 Å². The highest BCUT2D eigenvalue weighted by atomic mass is 32.2. The average molecular weight is 291 g/mol. The van der Waals surface area contributed by atoms with Crippen LogP contribution in [-0.2, 0) is 0 Å². The standard InChI is InChI=1S/C15H18FN3S/c1-9(2)13-18-14(17-4)10(3)15(19-13)20-12-8-6-5-7-11(12)16/h5-9H,1-4H3,(H,17,18,19). The number of anilines is 1. The van der Waals surface area contributed by atoms with Crippen molar-refractivity contribution < 1.29 is 4.39 Å². The fourth-order valence-electron chi connectivity index (χ4n) is 1.75. The SMILES string of the molecule is CNc1nc(C(C)C)nc(Sc2ccccc2F)c1C. The van der Waals surface area contributed by atoms with Crippen LogP contribution in [-0.4, -0.2) is 17.0 Å². The van der Waals surface area contributed by atoms with Gasteiger partial charge in [0.05, 0.1) is 0 Å². The molecular weight excluding hydrogens is 273 g/mol. The van der Waals surface area contributed by atoms with Gasteiger partial charge in [0.1, 0.15) is 22.5 Å². The lowest BCUT2D eigenvalue weighted by molar-refractivity contribution is 0.601. The maximum atomic E-state index is 13.8. The minimum Gasteiger partial charge on any atom is -0.373 e. The Balaban J connectivity index is 2.45. The smallest absolute Gasteiger partial charge is 0.137 e. The molecule has 20 heavy (non-hydrogen) atoms. The molecule has 0 amide bonds. The van der Waals surface area contributed by atoms with E-state index in [1.807, 2.05) is 33.9 Å². The second-order valence-electron chi connectivity index (χ2n) is 4.80. The third-order valence-electron chi connectivity index (χ3n) is 2.91. The number of hydrogen-bond donors (Lipinski definition) is 1. The van der Waals surface area contributed by atoms with Gasteiger partial charge in [0.15, 0.2) is 0 Å². The van der Waals surface area contributed by atoms with Crippen LogP contribution in [0, 0.1) is 12.7 Å². The lowest BCUT2D eigenvalue weighted by atomic mass is 10.2. The van der Waals surface area contributed by atoms with Gasteiger partial charge >= 0.3 is 0 Å². The van der Waals surface area contributed by atoms with Crippen LogP contribution in [0.1, 0.15) is 31.2 Å². The minimum atomic E-state index is -0.229. The summed E-state index contributed by atoms with van der Waals surface area (Å²) in [6, 6.07) is 6.73. The molecule has 0 atom stereocenters. The summed E-state index contributed by atoms with van der Waals surface area (Å²) in [6.45, 7) is 6.03. The van der Waals surface area contributed by atoms with Crippen molar-refractivity contribution in [2.24, 2.45) is 0 Å². The van der Waals surface area contributed by atoms with E-state index in [9.17, 15) is 4.39 Å². The molecule has 1 aromatic heterocycles. The maximum absolute atomic E-state index is 13.8. The van der Waals surface area contributed by atoms with Crippen molar-refractivity contribution >= 4 is 17.6 Å². The van der Waals surface area contributed by atoms with Crippen LogP contribution in [0.3, 0.4) is 0 Å². The van der Waals surface area contributed by atoms with Crippen molar-refractivity contribution in [3.8, 4) is 0 Å². The van der Waals surface area contributed by atoms with Gasteiger partial charge in [0, 0.05) is 23.4 Å². The van der Waals surface area contributed by atoms with Gasteiger partial charge in [0.25, 0.3) is 0 Å². The number of rotatable bonds is 4. The van der Waals surface area contributed by atoms with E-state index in [2.05, 4.69) is 15.3 Å². The van der Waals surface area contributed by atoms with Gasteiger partial charge in [-0.15, -0.1) is 0 Å². The molecule has 2 aromatic rings. The summed E-state index contributed by atoms with van der Waals surface area (Å²) in [5.74, 6) is 1.55. The van der Waals surface area contributed by atoms with E-state index in [4.69, 9.17) is 0 Å². The quantitative estimate of drug-likeness (QED) is 0.855. The number of aromatic nitrogens is 2. The molecule has 1 heterocycles. The van der Waals surface area contributed by atoms with Crippen molar-refractivity contribution in [2.75, 3.05) is 12.4 Å². The van der Waals surface area contributed by atoms with Crippen LogP contribution in [0.4, 0.5) is 10.2 Å². The molecule has 2 rings (SSSR count). The summed E-state index contributed by atoms with van der Waals surface area (Å²) in [5, 5.41) is 3.86. The molecule has 5 heteroatoms. The van der Waals surface area contributed by atoms with Crippen molar-refractivity contribution in [3.05, 3.63) is 41.5 Å². The number of nitrogens with zero attached hydrogens (tertiary/aromatic N) is 2. The highest BCUT2D eigenvalue weighted by Crippen LogP contribution is 2.33. The fraction of sp³-hybridized carbons (Fsp3) is 0.333. The molecule has 0 bridgehead atoms. The molecular formula is C15H18FN3S. The Hall–Kier alpha value is -1.62. The largest absolute Gasteiger partial charge is 0.373 e. The van der Waals surface area contributed by atoms with Crippen LogP contribution >= 0.6 is 11.8 Å². The highest BCUT2D eigenvalue weighted by Gasteiger charge is 2.14. The number of hydrogen-bond acceptors (Lipinski definition) is 4. The first-order valence-corrected chi connectivity index (χ1v) is 7.33. The average Bonchev–Trinajstić information content (AvgIpc) is 2.43. The molecule has 0 saturated carbocycles. The predicted octanol–water partition coefficient (Wildman–Crippen LogP) is 4.24. The number of benzene rings is 1. The van der Waals surface area contributed by atoms with Crippen molar-refractivity contribution in [3.63, 3.8) is 0 Å². The zero-order valence-corrected chi connectivity index (χ0v) is 12.9. The molecule has 0 aliphatic carbocycles. The first-order valence-electron chi connectivity index (χ1n) is 6.51. The van der Waals surface area contributed by atoms with E-state index < -0.39 is 0 Å². The second kappa shape index (κ2) is 6.22. The number of nitrogens with one attached hydrogen (secondary N) is 1. The summed E-state index contributed by atoms with van der Waals surface area (Å²) in [6.07, 6.45) is 0. The minimum absolute atomic E-state index is 0.225. The molecule has 106 valence electrons. The highest BCUT2D eigenvalue weighted by molar-refractivity contribution is 7.99. The van der Waals surface area contributed by atoms with Crippen LogP contribution in [0.2, 0.25) is 0 Å². The summed E-state index contributed by atoms with van der Waals surface area (Å²) in [7, 11) is 1.83. The summed E-state index contributed by atoms with van der Waals surface area (Å²) >= 11 is 1.34. The molecule has 0 aliphatic rings. The second-order valence-corrected chi connectivity index (χ2v) is 5.83. The Morgan fingerprint density at radius 3 is 2.50 bits per heavy atom. The molecule has 0 spiro atoms. The Morgan fingerprint density at radius 1 is 1.20 bits per heavy atom. The van der Waals surface area contributed by atoms with Gasteiger partial charge in [-0.25, -0.2) is 14.4 Å². The lowest BCUT2D eigenvalue weighted by Crippen LogP contribution is -2.06. The zero-order valence-electron chi connectivity index (χ0n) is 12.1. The van der Waals surface area contributed by atoms with Crippen LogP contribution in [0.25, 0.3) is 0 Å². The first-order chi connectivity index (χ1) is 9.52. The van der Waals surface area contributed by atoms with Gasteiger partial charge in [-0.2, -0.15) is 0 Å². The van der Waals surface area contributed by atoms with E-state index in [1.54, 1.807) is 12.1 Å². The zero-order chi connectivity index (χ0) is 14.7. The molecule has 0 unspecified atom stereocenters. The lowest BCUT2D eigenvalue weighted by Gasteiger charge is -2.13. The van der Waals surface area contributed by atoms with Crippen molar-refractivity contribution in [2.45, 2.75) is 36.6 Å². The van der Waals surface area contributed by atoms with Gasteiger partial charge in [0.2, 0.25) is 0 Å². The summed E-state index contributed by atoms with van der Waals surface area (Å²) in [4.78, 5) is 9.62. The predicted molar refractivity (Wildman–Crippen MR) is 80.9 cm³/mol. The first kappa shape index (κ1) is 14.8. The third kappa shape index (κ3) is 3.10. The van der Waals surface area contributed by atoms with Crippen LogP contribution < -0.4 is 5.32 Å². The fourth-order valence-corrected chi connectivity index (χ4v) is 2.65. The normalized spacial score (nSPS) is 10.9. The van der Waals surface area contributed by atoms with E-state index >= 15 is 0 Å². The van der Waals surface area contributed by atoms with E-state index in [0.717, 1.165) is 22.2 Å². The van der Waals surface area contributed by atoms with E-state index in [1.165, 1.54) is 17.8 Å². The van der Waals surface area contributed by atoms with Crippen molar-refractivity contribution in [1.82, 2.24) is 9.97 Å². The summed E-state index contributed by atoms with van der Waals surface area (Å²) < 4.78 is 13.8. The molecule has 3 nitrogen and oxygen atoms in total. The molecule has 1 aromatic carbocycles. The molecule has 0 radical (unpaired) electrons. The topological polar surface area (TPSA) is 37.8 Å². The Morgan fingerprint density at radius 2 is 1.90 bits per heavy atom. The van der Waals surface area contributed by atoms with Gasteiger partial charge < -0.3 is 5.32 Å². The molecule has 0 saturated heterocycles. The summed E-state index contributed by atoms with van der Waals surface area (Å²) in [5.41, 5.74) is 0.935. The van der Waals surface area contributed by atoms with Crippen LogP contribution in [0.15, 0.2) is 34.2 Å². The van der Waals surface area contributed by atoms with Gasteiger partial charge in [-0.1, -0.05) is 37.7 Å². The van der Waals surface area contributed by atoms with Gasteiger partial charge in [-0.05, 0) is 19.1 Å². The maximum Gasteiger partial charge on any atom is 0.137 e. The Bertz CT molecular complexity index is 614. The Labute approximate surface area is 123 Å². The monoisotopic (exact) mass is 291 g/mol. The van der Waals surface area contributed by atoms with Crippen molar-refractivity contribution in [1.29, 1.82) is 0 Å². The molecule has 0 fully saturated rings.